The Kier molecular flexibility index (Phi) is 5.15. The maximum absolute atomic E-state index is 11.0. The molecule has 0 aliphatic carbocycles. The molecule has 6 nitrogen and oxygen atoms in total. The monoisotopic (exact) mass is 253 g/mol. The molecule has 0 aromatic carbocycles. The SMILES string of the molecule is CCCNCc1c(C)nn(C)c1N(C)CC(N)=O. The van der Waals surface area contributed by atoms with E-state index in [4.69, 9.17) is 5.73 Å². The third kappa shape index (κ3) is 3.46. The molecule has 0 saturated heterocycles. The highest BCUT2D eigenvalue weighted by atomic mass is 16.1. The van der Waals surface area contributed by atoms with Crippen LogP contribution in [-0.2, 0) is 18.4 Å². The standard InChI is InChI=1S/C12H23N5O/c1-5-6-14-7-10-9(2)15-17(4)12(10)16(3)8-11(13)18/h14H,5-8H2,1-4H3,(H2,13,18). The maximum atomic E-state index is 11.0. The lowest BCUT2D eigenvalue weighted by Gasteiger charge is -2.19. The first-order chi connectivity index (χ1) is 8.47. The summed E-state index contributed by atoms with van der Waals surface area (Å²) in [5.41, 5.74) is 7.33. The van der Waals surface area contributed by atoms with Crippen molar-refractivity contribution in [1.29, 1.82) is 0 Å². The molecule has 1 aromatic heterocycles. The van der Waals surface area contributed by atoms with Crippen LogP contribution in [0.3, 0.4) is 0 Å². The van der Waals surface area contributed by atoms with Crippen molar-refractivity contribution in [3.8, 4) is 0 Å². The summed E-state index contributed by atoms with van der Waals surface area (Å²) >= 11 is 0. The lowest BCUT2D eigenvalue weighted by molar-refractivity contribution is -0.116. The Balaban J connectivity index is 2.90. The fraction of sp³-hybridized carbons (Fsp3) is 0.667. The topological polar surface area (TPSA) is 76.2 Å². The summed E-state index contributed by atoms with van der Waals surface area (Å²) < 4.78 is 1.79. The van der Waals surface area contributed by atoms with E-state index in [1.807, 2.05) is 25.9 Å². The molecule has 1 heterocycles. The molecule has 3 N–H and O–H groups in total. The Morgan fingerprint density at radius 1 is 1.56 bits per heavy atom. The molecule has 102 valence electrons. The number of carbonyl (C=O) groups is 1. The van der Waals surface area contributed by atoms with Crippen LogP contribution in [-0.4, -0.2) is 35.8 Å². The van der Waals surface area contributed by atoms with E-state index < -0.39 is 0 Å². The summed E-state index contributed by atoms with van der Waals surface area (Å²) in [6.07, 6.45) is 1.09. The Bertz CT molecular complexity index is 413. The summed E-state index contributed by atoms with van der Waals surface area (Å²) in [5.74, 6) is 0.596. The highest BCUT2D eigenvalue weighted by Crippen LogP contribution is 2.21. The van der Waals surface area contributed by atoms with E-state index in [0.717, 1.165) is 36.6 Å². The van der Waals surface area contributed by atoms with Crippen molar-refractivity contribution in [2.24, 2.45) is 12.8 Å². The minimum Gasteiger partial charge on any atom is -0.368 e. The van der Waals surface area contributed by atoms with Gasteiger partial charge in [0.05, 0.1) is 12.2 Å². The molecule has 1 aromatic rings. The van der Waals surface area contributed by atoms with E-state index in [-0.39, 0.29) is 12.5 Å². The largest absolute Gasteiger partial charge is 0.368 e. The van der Waals surface area contributed by atoms with E-state index in [1.54, 1.807) is 4.68 Å². The average Bonchev–Trinajstić information content (AvgIpc) is 2.53. The van der Waals surface area contributed by atoms with Gasteiger partial charge in [-0.3, -0.25) is 9.48 Å². The minimum atomic E-state index is -0.344. The number of aryl methyl sites for hydroxylation is 2. The number of likely N-dealkylation sites (N-methyl/N-ethyl adjacent to an activating group) is 1. The summed E-state index contributed by atoms with van der Waals surface area (Å²) in [4.78, 5) is 12.8. The molecule has 0 radical (unpaired) electrons. The van der Waals surface area contributed by atoms with E-state index in [1.165, 1.54) is 0 Å². The van der Waals surface area contributed by atoms with Gasteiger partial charge in [0.1, 0.15) is 5.82 Å². The fourth-order valence-electron chi connectivity index (χ4n) is 2.07. The quantitative estimate of drug-likeness (QED) is 0.678. The van der Waals surface area contributed by atoms with E-state index in [2.05, 4.69) is 17.3 Å². The lowest BCUT2D eigenvalue weighted by Crippen LogP contribution is -2.32. The van der Waals surface area contributed by atoms with Gasteiger partial charge in [0.15, 0.2) is 0 Å². The zero-order valence-electron chi connectivity index (χ0n) is 11.7. The highest BCUT2D eigenvalue weighted by Gasteiger charge is 2.17. The molecule has 0 unspecified atom stereocenters. The van der Waals surface area contributed by atoms with Crippen LogP contribution in [0, 0.1) is 6.92 Å². The second kappa shape index (κ2) is 6.39. The Morgan fingerprint density at radius 2 is 2.22 bits per heavy atom. The molecule has 1 rings (SSSR count). The number of nitrogens with one attached hydrogen (secondary N) is 1. The van der Waals surface area contributed by atoms with Crippen LogP contribution in [0.4, 0.5) is 5.82 Å². The van der Waals surface area contributed by atoms with E-state index in [9.17, 15) is 4.79 Å². The van der Waals surface area contributed by atoms with Gasteiger partial charge in [-0.25, -0.2) is 0 Å². The van der Waals surface area contributed by atoms with E-state index >= 15 is 0 Å². The van der Waals surface area contributed by atoms with Gasteiger partial charge in [0.2, 0.25) is 5.91 Å². The summed E-state index contributed by atoms with van der Waals surface area (Å²) in [5, 5.41) is 7.76. The van der Waals surface area contributed by atoms with Gasteiger partial charge in [0.25, 0.3) is 0 Å². The molecule has 18 heavy (non-hydrogen) atoms. The van der Waals surface area contributed by atoms with Crippen molar-refractivity contribution in [1.82, 2.24) is 15.1 Å². The van der Waals surface area contributed by atoms with Gasteiger partial charge in [0, 0.05) is 26.2 Å². The number of primary amides is 1. The fourth-order valence-corrected chi connectivity index (χ4v) is 2.07. The molecule has 0 fully saturated rings. The van der Waals surface area contributed by atoms with E-state index in [0.29, 0.717) is 0 Å². The third-order valence-corrected chi connectivity index (χ3v) is 2.80. The number of hydrogen-bond donors (Lipinski definition) is 2. The Morgan fingerprint density at radius 3 is 2.78 bits per heavy atom. The van der Waals surface area contributed by atoms with Crippen LogP contribution in [0.1, 0.15) is 24.6 Å². The molecule has 0 spiro atoms. The van der Waals surface area contributed by atoms with Gasteiger partial charge < -0.3 is 16.0 Å². The summed E-state index contributed by atoms with van der Waals surface area (Å²) in [6, 6.07) is 0. The molecular formula is C12H23N5O. The van der Waals surface area contributed by atoms with Gasteiger partial charge in [-0.05, 0) is 19.9 Å². The predicted molar refractivity (Wildman–Crippen MR) is 72.4 cm³/mol. The zero-order valence-corrected chi connectivity index (χ0v) is 11.7. The Hall–Kier alpha value is -1.56. The Labute approximate surface area is 108 Å². The van der Waals surface area contributed by atoms with Crippen molar-refractivity contribution >= 4 is 11.7 Å². The molecule has 0 atom stereocenters. The lowest BCUT2D eigenvalue weighted by atomic mass is 10.2. The zero-order chi connectivity index (χ0) is 13.7. The molecule has 0 aliphatic heterocycles. The summed E-state index contributed by atoms with van der Waals surface area (Å²) in [7, 11) is 3.73. The minimum absolute atomic E-state index is 0.194. The second-order valence-corrected chi connectivity index (χ2v) is 4.51. The van der Waals surface area contributed by atoms with Crippen molar-refractivity contribution in [3.63, 3.8) is 0 Å². The second-order valence-electron chi connectivity index (χ2n) is 4.51. The number of anilines is 1. The number of rotatable bonds is 7. The van der Waals surface area contributed by atoms with Crippen LogP contribution in [0.15, 0.2) is 0 Å². The summed E-state index contributed by atoms with van der Waals surface area (Å²) in [6.45, 7) is 6.02. The molecule has 6 heteroatoms. The van der Waals surface area contributed by atoms with Crippen molar-refractivity contribution in [3.05, 3.63) is 11.3 Å². The number of hydrogen-bond acceptors (Lipinski definition) is 4. The van der Waals surface area contributed by atoms with Crippen LogP contribution in [0.5, 0.6) is 0 Å². The van der Waals surface area contributed by atoms with Crippen LogP contribution < -0.4 is 16.0 Å². The average molecular weight is 253 g/mol. The smallest absolute Gasteiger partial charge is 0.236 e. The number of carbonyl (C=O) groups excluding carboxylic acids is 1. The van der Waals surface area contributed by atoms with Gasteiger partial charge in [-0.2, -0.15) is 5.10 Å². The number of aromatic nitrogens is 2. The van der Waals surface area contributed by atoms with Gasteiger partial charge in [-0.1, -0.05) is 6.92 Å². The van der Waals surface area contributed by atoms with Crippen molar-refractivity contribution in [2.75, 3.05) is 25.0 Å². The third-order valence-electron chi connectivity index (χ3n) is 2.80. The first-order valence-electron chi connectivity index (χ1n) is 6.20. The number of nitrogens with two attached hydrogens (primary N) is 1. The van der Waals surface area contributed by atoms with Crippen molar-refractivity contribution < 1.29 is 4.79 Å². The number of nitrogens with zero attached hydrogens (tertiary/aromatic N) is 3. The van der Waals surface area contributed by atoms with Gasteiger partial charge >= 0.3 is 0 Å². The normalized spacial score (nSPS) is 10.7. The van der Waals surface area contributed by atoms with Gasteiger partial charge in [-0.15, -0.1) is 0 Å². The molecule has 1 amide bonds. The maximum Gasteiger partial charge on any atom is 0.236 e. The van der Waals surface area contributed by atoms with Crippen molar-refractivity contribution in [2.45, 2.75) is 26.8 Å². The molecule has 0 saturated carbocycles. The number of amides is 1. The molecular weight excluding hydrogens is 230 g/mol. The highest BCUT2D eigenvalue weighted by molar-refractivity contribution is 5.79. The first-order valence-corrected chi connectivity index (χ1v) is 6.20. The molecule has 0 bridgehead atoms. The predicted octanol–water partition coefficient (Wildman–Crippen LogP) is 0.150. The van der Waals surface area contributed by atoms with Crippen LogP contribution >= 0.6 is 0 Å². The molecule has 0 aliphatic rings. The van der Waals surface area contributed by atoms with Crippen LogP contribution in [0.2, 0.25) is 0 Å². The van der Waals surface area contributed by atoms with Crippen LogP contribution in [0.25, 0.3) is 0 Å². The first kappa shape index (κ1) is 14.5.